The lowest BCUT2D eigenvalue weighted by molar-refractivity contribution is -0.123. The minimum absolute atomic E-state index is 0.243. The number of halogens is 1. The normalized spacial score (nSPS) is 15.0. The molecule has 1 aliphatic rings. The smallest absolute Gasteiger partial charge is 0.293 e. The standard InChI is InChI=1S/C25H20BrNO3S/c1-17-3-2-4-20(13-17)15-27-24(28)23(31-25(27)29)14-18-7-11-22(12-8-18)30-16-19-5-9-21(26)10-6-19/h2-14H,15-16H2,1H3/b23-14-. The molecule has 0 bridgehead atoms. The molecule has 2 amide bonds. The number of benzene rings is 3. The van der Waals surface area contributed by atoms with Gasteiger partial charge in [-0.2, -0.15) is 0 Å². The first-order chi connectivity index (χ1) is 15.0. The van der Waals surface area contributed by atoms with E-state index in [0.717, 1.165) is 44.2 Å². The zero-order valence-electron chi connectivity index (χ0n) is 16.9. The van der Waals surface area contributed by atoms with Gasteiger partial charge in [0.2, 0.25) is 0 Å². The number of hydrogen-bond acceptors (Lipinski definition) is 4. The van der Waals surface area contributed by atoms with Crippen LogP contribution in [-0.2, 0) is 17.9 Å². The Morgan fingerprint density at radius 1 is 0.968 bits per heavy atom. The third-order valence-electron chi connectivity index (χ3n) is 4.79. The van der Waals surface area contributed by atoms with Crippen molar-refractivity contribution in [2.75, 3.05) is 0 Å². The van der Waals surface area contributed by atoms with Gasteiger partial charge in [0.1, 0.15) is 12.4 Å². The molecule has 1 aliphatic heterocycles. The first-order valence-electron chi connectivity index (χ1n) is 9.76. The Bertz CT molecular complexity index is 1140. The van der Waals surface area contributed by atoms with Crippen molar-refractivity contribution in [2.45, 2.75) is 20.1 Å². The number of aryl methyl sites for hydroxylation is 1. The minimum Gasteiger partial charge on any atom is -0.489 e. The van der Waals surface area contributed by atoms with E-state index in [0.29, 0.717) is 11.5 Å². The van der Waals surface area contributed by atoms with Crippen LogP contribution in [0.4, 0.5) is 4.79 Å². The van der Waals surface area contributed by atoms with E-state index in [4.69, 9.17) is 4.74 Å². The maximum Gasteiger partial charge on any atom is 0.293 e. The van der Waals surface area contributed by atoms with Gasteiger partial charge in [-0.05, 0) is 65.7 Å². The van der Waals surface area contributed by atoms with Crippen LogP contribution >= 0.6 is 27.7 Å². The molecule has 1 fully saturated rings. The molecule has 6 heteroatoms. The summed E-state index contributed by atoms with van der Waals surface area (Å²) >= 11 is 4.40. The van der Waals surface area contributed by atoms with E-state index in [1.54, 1.807) is 6.08 Å². The number of ether oxygens (including phenoxy) is 1. The van der Waals surface area contributed by atoms with Crippen LogP contribution < -0.4 is 4.74 Å². The predicted octanol–water partition coefficient (Wildman–Crippen LogP) is 6.57. The maximum absolute atomic E-state index is 12.7. The summed E-state index contributed by atoms with van der Waals surface area (Å²) in [5, 5.41) is -0.243. The van der Waals surface area contributed by atoms with Crippen LogP contribution in [-0.4, -0.2) is 16.0 Å². The zero-order valence-corrected chi connectivity index (χ0v) is 19.3. The number of carbonyl (C=O) groups excluding carboxylic acids is 2. The van der Waals surface area contributed by atoms with Crippen LogP contribution in [0.25, 0.3) is 6.08 Å². The minimum atomic E-state index is -0.257. The lowest BCUT2D eigenvalue weighted by atomic mass is 10.1. The molecule has 0 spiro atoms. The zero-order chi connectivity index (χ0) is 21.8. The van der Waals surface area contributed by atoms with Crippen LogP contribution in [0.1, 0.15) is 22.3 Å². The summed E-state index contributed by atoms with van der Waals surface area (Å²) < 4.78 is 6.85. The largest absolute Gasteiger partial charge is 0.489 e. The summed E-state index contributed by atoms with van der Waals surface area (Å²) in [6, 6.07) is 23.3. The van der Waals surface area contributed by atoms with Gasteiger partial charge in [0, 0.05) is 4.47 Å². The highest BCUT2D eigenvalue weighted by atomic mass is 79.9. The molecule has 4 nitrogen and oxygen atoms in total. The van der Waals surface area contributed by atoms with Crippen molar-refractivity contribution in [1.29, 1.82) is 0 Å². The third kappa shape index (κ3) is 5.46. The van der Waals surface area contributed by atoms with Crippen LogP contribution in [0.15, 0.2) is 82.2 Å². The van der Waals surface area contributed by atoms with Crippen molar-refractivity contribution in [2.24, 2.45) is 0 Å². The summed E-state index contributed by atoms with van der Waals surface area (Å²) in [7, 11) is 0. The molecular weight excluding hydrogens is 474 g/mol. The Morgan fingerprint density at radius 2 is 1.71 bits per heavy atom. The highest BCUT2D eigenvalue weighted by Crippen LogP contribution is 2.33. The Morgan fingerprint density at radius 3 is 2.42 bits per heavy atom. The van der Waals surface area contributed by atoms with E-state index in [1.807, 2.05) is 79.7 Å². The summed E-state index contributed by atoms with van der Waals surface area (Å²) in [6.07, 6.45) is 1.75. The van der Waals surface area contributed by atoms with Gasteiger partial charge in [0.15, 0.2) is 0 Å². The van der Waals surface area contributed by atoms with Crippen molar-refractivity contribution in [3.8, 4) is 5.75 Å². The molecule has 0 N–H and O–H groups in total. The molecule has 156 valence electrons. The second-order valence-electron chi connectivity index (χ2n) is 7.24. The first kappa shape index (κ1) is 21.4. The number of rotatable bonds is 6. The Kier molecular flexibility index (Phi) is 6.59. The number of carbonyl (C=O) groups is 2. The van der Waals surface area contributed by atoms with Gasteiger partial charge in [-0.1, -0.05) is 70.0 Å². The molecule has 0 aliphatic carbocycles. The number of thioether (sulfide) groups is 1. The lowest BCUT2D eigenvalue weighted by Crippen LogP contribution is -2.27. The quantitative estimate of drug-likeness (QED) is 0.364. The van der Waals surface area contributed by atoms with Crippen molar-refractivity contribution in [3.05, 3.63) is 104 Å². The van der Waals surface area contributed by atoms with E-state index in [1.165, 1.54) is 4.90 Å². The Labute approximate surface area is 194 Å². The van der Waals surface area contributed by atoms with Gasteiger partial charge >= 0.3 is 0 Å². The van der Waals surface area contributed by atoms with E-state index < -0.39 is 0 Å². The van der Waals surface area contributed by atoms with Gasteiger partial charge in [-0.3, -0.25) is 14.5 Å². The number of nitrogens with zero attached hydrogens (tertiary/aromatic N) is 1. The molecule has 0 unspecified atom stereocenters. The fourth-order valence-electron chi connectivity index (χ4n) is 3.19. The van der Waals surface area contributed by atoms with Gasteiger partial charge < -0.3 is 4.74 Å². The highest BCUT2D eigenvalue weighted by molar-refractivity contribution is 9.10. The molecule has 3 aromatic rings. The second-order valence-corrected chi connectivity index (χ2v) is 9.15. The summed E-state index contributed by atoms with van der Waals surface area (Å²) in [6.45, 7) is 2.75. The van der Waals surface area contributed by atoms with Crippen LogP contribution in [0.3, 0.4) is 0 Å². The van der Waals surface area contributed by atoms with Gasteiger partial charge in [-0.25, -0.2) is 0 Å². The van der Waals surface area contributed by atoms with E-state index in [2.05, 4.69) is 15.9 Å². The van der Waals surface area contributed by atoms with Crippen molar-refractivity contribution >= 4 is 44.9 Å². The lowest BCUT2D eigenvalue weighted by Gasteiger charge is -2.12. The molecule has 1 saturated heterocycles. The average molecular weight is 494 g/mol. The molecule has 3 aromatic carbocycles. The molecule has 0 aromatic heterocycles. The van der Waals surface area contributed by atoms with Crippen molar-refractivity contribution < 1.29 is 14.3 Å². The number of hydrogen-bond donors (Lipinski definition) is 0. The molecule has 1 heterocycles. The van der Waals surface area contributed by atoms with Crippen LogP contribution in [0.5, 0.6) is 5.75 Å². The molecule has 4 rings (SSSR count). The number of amides is 2. The van der Waals surface area contributed by atoms with E-state index >= 15 is 0 Å². The molecule has 0 saturated carbocycles. The molecular formula is C25H20BrNO3S. The molecule has 31 heavy (non-hydrogen) atoms. The molecule has 0 radical (unpaired) electrons. The highest BCUT2D eigenvalue weighted by Gasteiger charge is 2.34. The predicted molar refractivity (Wildman–Crippen MR) is 128 cm³/mol. The van der Waals surface area contributed by atoms with Crippen LogP contribution in [0.2, 0.25) is 0 Å². The fraction of sp³-hybridized carbons (Fsp3) is 0.120. The van der Waals surface area contributed by atoms with Gasteiger partial charge in [-0.15, -0.1) is 0 Å². The fourth-order valence-corrected chi connectivity index (χ4v) is 4.29. The number of imide groups is 1. The second kappa shape index (κ2) is 9.54. The maximum atomic E-state index is 12.7. The molecule has 0 atom stereocenters. The average Bonchev–Trinajstić information content (AvgIpc) is 3.02. The van der Waals surface area contributed by atoms with E-state index in [9.17, 15) is 9.59 Å². The van der Waals surface area contributed by atoms with Crippen LogP contribution in [0, 0.1) is 6.92 Å². The van der Waals surface area contributed by atoms with Gasteiger partial charge in [0.25, 0.3) is 11.1 Å². The summed E-state index contributed by atoms with van der Waals surface area (Å²) in [5.74, 6) is 0.486. The Balaban J connectivity index is 1.40. The SMILES string of the molecule is Cc1cccc(CN2C(=O)S/C(=C\c3ccc(OCc4ccc(Br)cc4)cc3)C2=O)c1. The first-order valence-corrected chi connectivity index (χ1v) is 11.4. The van der Waals surface area contributed by atoms with Gasteiger partial charge in [0.05, 0.1) is 11.4 Å². The third-order valence-corrected chi connectivity index (χ3v) is 6.23. The Hall–Kier alpha value is -2.83. The topological polar surface area (TPSA) is 46.6 Å². The monoisotopic (exact) mass is 493 g/mol. The van der Waals surface area contributed by atoms with Crippen molar-refractivity contribution in [1.82, 2.24) is 4.90 Å². The summed E-state index contributed by atoms with van der Waals surface area (Å²) in [5.41, 5.74) is 3.96. The van der Waals surface area contributed by atoms with E-state index in [-0.39, 0.29) is 17.7 Å². The van der Waals surface area contributed by atoms with Crippen molar-refractivity contribution in [3.63, 3.8) is 0 Å². The summed E-state index contributed by atoms with van der Waals surface area (Å²) in [4.78, 5) is 26.8.